The molecule has 2 rings (SSSR count). The molecule has 1 aromatic rings. The highest BCUT2D eigenvalue weighted by Crippen LogP contribution is 2.33. The van der Waals surface area contributed by atoms with Gasteiger partial charge in [0.25, 0.3) is 0 Å². The van der Waals surface area contributed by atoms with E-state index in [2.05, 4.69) is 35.9 Å². The van der Waals surface area contributed by atoms with Crippen molar-refractivity contribution in [2.75, 3.05) is 26.8 Å². The molecule has 7 nitrogen and oxygen atoms in total. The van der Waals surface area contributed by atoms with Crippen LogP contribution in [0.15, 0.2) is 23.2 Å². The van der Waals surface area contributed by atoms with Gasteiger partial charge in [-0.1, -0.05) is 17.7 Å². The van der Waals surface area contributed by atoms with E-state index in [0.717, 1.165) is 36.7 Å². The van der Waals surface area contributed by atoms with Crippen molar-refractivity contribution in [1.82, 2.24) is 16.0 Å². The standard InChI is InChI=1S/C21H34N4O3.HI/c1-6-22-20(23-13-18(16-9-10-16)25-21(26)28-7-2)24-15(4)17-12-14(3)8-11-19(17)27-5;/h8,11-12,15-16,18H,6-7,9-10,13H2,1-5H3,(H,25,26)(H2,22,23,24);1H. The van der Waals surface area contributed by atoms with Crippen molar-refractivity contribution in [2.24, 2.45) is 10.9 Å². The normalized spacial score (nSPS) is 15.6. The predicted molar refractivity (Wildman–Crippen MR) is 127 cm³/mol. The number of hydrogen-bond acceptors (Lipinski definition) is 4. The minimum Gasteiger partial charge on any atom is -0.496 e. The molecule has 8 heteroatoms. The summed E-state index contributed by atoms with van der Waals surface area (Å²) >= 11 is 0. The molecule has 0 aliphatic heterocycles. The van der Waals surface area contributed by atoms with Gasteiger partial charge in [-0.15, -0.1) is 24.0 Å². The molecule has 1 aliphatic carbocycles. The lowest BCUT2D eigenvalue weighted by molar-refractivity contribution is 0.147. The zero-order valence-electron chi connectivity index (χ0n) is 18.1. The largest absolute Gasteiger partial charge is 0.496 e. The molecule has 1 amide bonds. The fraction of sp³-hybridized carbons (Fsp3) is 0.619. The molecule has 1 fully saturated rings. The second-order valence-electron chi connectivity index (χ2n) is 7.14. The van der Waals surface area contributed by atoms with E-state index < -0.39 is 0 Å². The molecule has 0 spiro atoms. The van der Waals surface area contributed by atoms with Crippen LogP contribution >= 0.6 is 24.0 Å². The van der Waals surface area contributed by atoms with Crippen LogP contribution in [0.1, 0.15) is 50.8 Å². The lowest BCUT2D eigenvalue weighted by atomic mass is 10.0. The van der Waals surface area contributed by atoms with Crippen LogP contribution in [0.4, 0.5) is 4.79 Å². The number of nitrogens with one attached hydrogen (secondary N) is 3. The molecule has 0 radical (unpaired) electrons. The Morgan fingerprint density at radius 1 is 1.28 bits per heavy atom. The summed E-state index contributed by atoms with van der Waals surface area (Å²) in [5, 5.41) is 9.67. The summed E-state index contributed by atoms with van der Waals surface area (Å²) in [6, 6.07) is 6.16. The second kappa shape index (κ2) is 12.8. The van der Waals surface area contributed by atoms with Gasteiger partial charge >= 0.3 is 6.09 Å². The number of carbonyl (C=O) groups is 1. The summed E-state index contributed by atoms with van der Waals surface area (Å²) < 4.78 is 10.5. The summed E-state index contributed by atoms with van der Waals surface area (Å²) in [6.07, 6.45) is 1.87. The second-order valence-corrected chi connectivity index (χ2v) is 7.14. The van der Waals surface area contributed by atoms with E-state index in [-0.39, 0.29) is 42.2 Å². The lowest BCUT2D eigenvalue weighted by Crippen LogP contribution is -2.42. The van der Waals surface area contributed by atoms with Crippen molar-refractivity contribution in [3.05, 3.63) is 29.3 Å². The van der Waals surface area contributed by atoms with Gasteiger partial charge in [0.2, 0.25) is 0 Å². The number of ether oxygens (including phenoxy) is 2. The number of aryl methyl sites for hydroxylation is 1. The number of rotatable bonds is 9. The Morgan fingerprint density at radius 2 is 2.00 bits per heavy atom. The number of benzene rings is 1. The maximum atomic E-state index is 11.8. The first-order valence-electron chi connectivity index (χ1n) is 10.1. The smallest absolute Gasteiger partial charge is 0.407 e. The van der Waals surface area contributed by atoms with E-state index in [1.807, 2.05) is 19.1 Å². The molecule has 0 saturated heterocycles. The van der Waals surface area contributed by atoms with Crippen LogP contribution in [-0.2, 0) is 4.74 Å². The monoisotopic (exact) mass is 518 g/mol. The Morgan fingerprint density at radius 3 is 2.59 bits per heavy atom. The van der Waals surface area contributed by atoms with Gasteiger partial charge < -0.3 is 25.4 Å². The van der Waals surface area contributed by atoms with Crippen LogP contribution in [0.2, 0.25) is 0 Å². The van der Waals surface area contributed by atoms with Gasteiger partial charge in [-0.25, -0.2) is 4.79 Å². The highest BCUT2D eigenvalue weighted by atomic mass is 127. The molecule has 3 N–H and O–H groups in total. The summed E-state index contributed by atoms with van der Waals surface area (Å²) in [6.45, 7) is 9.61. The third kappa shape index (κ3) is 8.28. The van der Waals surface area contributed by atoms with Crippen LogP contribution in [0, 0.1) is 12.8 Å². The van der Waals surface area contributed by atoms with Crippen molar-refractivity contribution >= 4 is 36.0 Å². The van der Waals surface area contributed by atoms with Crippen molar-refractivity contribution in [3.8, 4) is 5.75 Å². The number of aliphatic imine (C=N–C) groups is 1. The first-order valence-corrected chi connectivity index (χ1v) is 10.1. The summed E-state index contributed by atoms with van der Waals surface area (Å²) in [5.74, 6) is 2.04. The molecule has 2 atom stereocenters. The minimum absolute atomic E-state index is 0. The Bertz CT molecular complexity index is 680. The first kappa shape index (κ1) is 25.3. The number of carbonyl (C=O) groups excluding carboxylic acids is 1. The zero-order chi connectivity index (χ0) is 20.5. The zero-order valence-corrected chi connectivity index (χ0v) is 20.4. The number of halogens is 1. The first-order chi connectivity index (χ1) is 13.5. The summed E-state index contributed by atoms with van der Waals surface area (Å²) in [7, 11) is 1.68. The molecular formula is C21H35IN4O3. The SMILES string of the molecule is CCNC(=NCC(NC(=O)OCC)C1CC1)NC(C)c1cc(C)ccc1OC.I. The molecular weight excluding hydrogens is 483 g/mol. The van der Waals surface area contributed by atoms with E-state index in [1.165, 1.54) is 5.56 Å². The fourth-order valence-corrected chi connectivity index (χ4v) is 3.12. The van der Waals surface area contributed by atoms with Crippen LogP contribution in [0.25, 0.3) is 0 Å². The van der Waals surface area contributed by atoms with Gasteiger partial charge in [0.15, 0.2) is 5.96 Å². The van der Waals surface area contributed by atoms with Gasteiger partial charge in [-0.3, -0.25) is 4.99 Å². The van der Waals surface area contributed by atoms with Crippen LogP contribution < -0.4 is 20.7 Å². The number of nitrogens with zero attached hydrogens (tertiary/aromatic N) is 1. The molecule has 1 saturated carbocycles. The molecule has 1 aromatic carbocycles. The Labute approximate surface area is 191 Å². The van der Waals surface area contributed by atoms with Crippen molar-refractivity contribution in [2.45, 2.75) is 52.6 Å². The summed E-state index contributed by atoms with van der Waals surface area (Å²) in [4.78, 5) is 16.5. The van der Waals surface area contributed by atoms with Gasteiger partial charge in [0, 0.05) is 12.1 Å². The quantitative estimate of drug-likeness (QED) is 0.264. The van der Waals surface area contributed by atoms with Crippen molar-refractivity contribution in [1.29, 1.82) is 0 Å². The van der Waals surface area contributed by atoms with Crippen LogP contribution in [-0.4, -0.2) is 44.9 Å². The van der Waals surface area contributed by atoms with Crippen molar-refractivity contribution < 1.29 is 14.3 Å². The maximum absolute atomic E-state index is 11.8. The molecule has 2 unspecified atom stereocenters. The summed E-state index contributed by atoms with van der Waals surface area (Å²) in [5.41, 5.74) is 2.26. The molecule has 29 heavy (non-hydrogen) atoms. The Hall–Kier alpha value is -1.71. The highest BCUT2D eigenvalue weighted by molar-refractivity contribution is 14.0. The number of hydrogen-bond donors (Lipinski definition) is 3. The number of guanidine groups is 1. The van der Waals surface area contributed by atoms with E-state index >= 15 is 0 Å². The fourth-order valence-electron chi connectivity index (χ4n) is 3.12. The van der Waals surface area contributed by atoms with Gasteiger partial charge in [0.1, 0.15) is 5.75 Å². The molecule has 1 aliphatic rings. The van der Waals surface area contributed by atoms with Crippen LogP contribution in [0.3, 0.4) is 0 Å². The van der Waals surface area contributed by atoms with Crippen molar-refractivity contribution in [3.63, 3.8) is 0 Å². The molecule has 164 valence electrons. The number of amides is 1. The Kier molecular flexibility index (Phi) is 11.2. The average molecular weight is 518 g/mol. The number of alkyl carbamates (subject to hydrolysis) is 1. The van der Waals surface area contributed by atoms with Crippen LogP contribution in [0.5, 0.6) is 5.75 Å². The lowest BCUT2D eigenvalue weighted by Gasteiger charge is -2.22. The van der Waals surface area contributed by atoms with E-state index in [9.17, 15) is 4.79 Å². The Balaban J connectivity index is 0.00000420. The third-order valence-electron chi connectivity index (χ3n) is 4.76. The van der Waals surface area contributed by atoms with Gasteiger partial charge in [0.05, 0.1) is 32.3 Å². The third-order valence-corrected chi connectivity index (χ3v) is 4.76. The molecule has 0 bridgehead atoms. The highest BCUT2D eigenvalue weighted by Gasteiger charge is 2.32. The molecule has 0 heterocycles. The van der Waals surface area contributed by atoms with E-state index in [1.54, 1.807) is 14.0 Å². The maximum Gasteiger partial charge on any atom is 0.407 e. The van der Waals surface area contributed by atoms with Gasteiger partial charge in [-0.2, -0.15) is 0 Å². The molecule has 0 aromatic heterocycles. The van der Waals surface area contributed by atoms with E-state index in [0.29, 0.717) is 19.1 Å². The van der Waals surface area contributed by atoms with Gasteiger partial charge in [-0.05, 0) is 52.5 Å². The van der Waals surface area contributed by atoms with E-state index in [4.69, 9.17) is 14.5 Å². The average Bonchev–Trinajstić information content (AvgIpc) is 3.50. The predicted octanol–water partition coefficient (Wildman–Crippen LogP) is 3.76. The number of methoxy groups -OCH3 is 1. The topological polar surface area (TPSA) is 84.0 Å². The minimum atomic E-state index is -0.370.